The molecule has 0 radical (unpaired) electrons. The maximum absolute atomic E-state index is 12.7. The molecule has 1 fully saturated rings. The fourth-order valence-electron chi connectivity index (χ4n) is 3.54. The van der Waals surface area contributed by atoms with E-state index in [1.54, 1.807) is 12.4 Å². The Balaban J connectivity index is 2.37. The summed E-state index contributed by atoms with van der Waals surface area (Å²) in [5.74, 6) is 0.162. The molecule has 1 aliphatic rings. The van der Waals surface area contributed by atoms with Crippen molar-refractivity contribution in [2.75, 3.05) is 18.0 Å². The quantitative estimate of drug-likeness (QED) is 0.339. The Morgan fingerprint density at radius 2 is 1.94 bits per heavy atom. The molecule has 1 aromatic heterocycles. The van der Waals surface area contributed by atoms with Gasteiger partial charge in [-0.1, -0.05) is 27.7 Å². The number of nitrogens with one attached hydrogen (secondary N) is 1. The van der Waals surface area contributed by atoms with Gasteiger partial charge in [0.25, 0.3) is 0 Å². The highest BCUT2D eigenvalue weighted by Crippen LogP contribution is 2.40. The minimum atomic E-state index is -2.06. The SMILES string of the molecule is C[C@@H]1CN(c2ccncc2N=C=S)C[C@@H](NC(=O)OC(C)(C)C)[C@H]1O[Si](C)(C)C(C)(C)C. The third-order valence-corrected chi connectivity index (χ3v) is 10.7. The third-order valence-electron chi connectivity index (χ3n) is 6.11. The first kappa shape index (κ1) is 26.4. The number of alkyl carbamates (subject to hydrolysis) is 1. The highest BCUT2D eigenvalue weighted by Gasteiger charge is 2.45. The molecule has 0 spiro atoms. The minimum Gasteiger partial charge on any atom is -0.444 e. The van der Waals surface area contributed by atoms with E-state index in [0.717, 1.165) is 12.2 Å². The topological polar surface area (TPSA) is 76.1 Å². The third kappa shape index (κ3) is 6.85. The van der Waals surface area contributed by atoms with Crippen LogP contribution in [0.3, 0.4) is 0 Å². The molecule has 2 heterocycles. The first-order valence-corrected chi connectivity index (χ1v) is 14.4. The molecule has 178 valence electrons. The molecule has 1 saturated heterocycles. The van der Waals surface area contributed by atoms with Crippen LogP contribution in [0.15, 0.2) is 23.5 Å². The van der Waals surface area contributed by atoms with E-state index in [-0.39, 0.29) is 23.1 Å². The Labute approximate surface area is 199 Å². The lowest BCUT2D eigenvalue weighted by atomic mass is 9.92. The number of anilines is 1. The normalized spacial score (nSPS) is 22.2. The lowest BCUT2D eigenvalue weighted by Crippen LogP contribution is -2.62. The van der Waals surface area contributed by atoms with Crippen molar-refractivity contribution in [1.29, 1.82) is 0 Å². The van der Waals surface area contributed by atoms with Gasteiger partial charge in [-0.05, 0) is 57.2 Å². The van der Waals surface area contributed by atoms with Gasteiger partial charge < -0.3 is 19.4 Å². The number of carbonyl (C=O) groups excluding carboxylic acids is 1. The van der Waals surface area contributed by atoms with Crippen LogP contribution in [0.4, 0.5) is 16.2 Å². The van der Waals surface area contributed by atoms with Crippen molar-refractivity contribution in [3.63, 3.8) is 0 Å². The van der Waals surface area contributed by atoms with Crippen molar-refractivity contribution < 1.29 is 14.0 Å². The van der Waals surface area contributed by atoms with Gasteiger partial charge in [0.15, 0.2) is 8.32 Å². The van der Waals surface area contributed by atoms with E-state index in [9.17, 15) is 4.79 Å². The number of hydrogen-bond donors (Lipinski definition) is 1. The van der Waals surface area contributed by atoms with Gasteiger partial charge in [0.2, 0.25) is 0 Å². The number of nitrogens with zero attached hydrogens (tertiary/aromatic N) is 3. The van der Waals surface area contributed by atoms with Crippen LogP contribution >= 0.6 is 12.2 Å². The molecule has 7 nitrogen and oxygen atoms in total. The number of thiocarbonyl (C=S) groups is 1. The summed E-state index contributed by atoms with van der Waals surface area (Å²) in [6.45, 7) is 20.2. The van der Waals surface area contributed by atoms with Crippen molar-refractivity contribution in [1.82, 2.24) is 10.3 Å². The number of piperidine rings is 1. The van der Waals surface area contributed by atoms with Crippen molar-refractivity contribution in [2.45, 2.75) is 84.3 Å². The van der Waals surface area contributed by atoms with Gasteiger partial charge in [-0.3, -0.25) is 4.98 Å². The first-order chi connectivity index (χ1) is 14.6. The Hall–Kier alpha value is -1.80. The molecule has 1 aromatic rings. The van der Waals surface area contributed by atoms with Crippen molar-refractivity contribution >= 4 is 43.2 Å². The van der Waals surface area contributed by atoms with E-state index >= 15 is 0 Å². The molecule has 1 amide bonds. The van der Waals surface area contributed by atoms with Crippen molar-refractivity contribution in [3.8, 4) is 0 Å². The van der Waals surface area contributed by atoms with Crippen molar-refractivity contribution in [2.24, 2.45) is 10.9 Å². The van der Waals surface area contributed by atoms with Crippen LogP contribution in [-0.2, 0) is 9.16 Å². The molecular formula is C23H38N4O3SSi. The Bertz CT molecular complexity index is 860. The van der Waals surface area contributed by atoms with E-state index in [1.165, 1.54) is 0 Å². The molecule has 3 atom stereocenters. The summed E-state index contributed by atoms with van der Waals surface area (Å²) in [5, 5.41) is 5.59. The number of ether oxygens (including phenoxy) is 1. The average Bonchev–Trinajstić information content (AvgIpc) is 2.62. The molecule has 0 saturated carbocycles. The lowest BCUT2D eigenvalue weighted by Gasteiger charge is -2.48. The highest BCUT2D eigenvalue weighted by atomic mass is 32.1. The van der Waals surface area contributed by atoms with E-state index < -0.39 is 20.0 Å². The van der Waals surface area contributed by atoms with Gasteiger partial charge in [-0.15, -0.1) is 0 Å². The second kappa shape index (κ2) is 9.99. The number of hydrogen-bond acceptors (Lipinski definition) is 7. The molecule has 32 heavy (non-hydrogen) atoms. The Morgan fingerprint density at radius 1 is 1.28 bits per heavy atom. The van der Waals surface area contributed by atoms with Crippen LogP contribution < -0.4 is 10.2 Å². The largest absolute Gasteiger partial charge is 0.444 e. The number of aromatic nitrogens is 1. The predicted octanol–water partition coefficient (Wildman–Crippen LogP) is 5.56. The van der Waals surface area contributed by atoms with Crippen LogP contribution in [0.25, 0.3) is 0 Å². The fourth-order valence-corrected chi connectivity index (χ4v) is 5.07. The summed E-state index contributed by atoms with van der Waals surface area (Å²) in [6.07, 6.45) is 2.84. The zero-order valence-corrected chi connectivity index (χ0v) is 22.7. The second-order valence-corrected chi connectivity index (χ2v) is 16.0. The number of carbonyl (C=O) groups is 1. The average molecular weight is 479 g/mol. The minimum absolute atomic E-state index is 0.0621. The van der Waals surface area contributed by atoms with Crippen LogP contribution in [-0.4, -0.2) is 55.4 Å². The summed E-state index contributed by atoms with van der Waals surface area (Å²) >= 11 is 4.81. The number of isothiocyanates is 1. The highest BCUT2D eigenvalue weighted by molar-refractivity contribution is 7.78. The molecule has 0 aromatic carbocycles. The van der Waals surface area contributed by atoms with Crippen LogP contribution in [0.1, 0.15) is 48.5 Å². The number of amides is 1. The maximum atomic E-state index is 12.7. The van der Waals surface area contributed by atoms with Gasteiger partial charge in [-0.25, -0.2) is 4.79 Å². The van der Waals surface area contributed by atoms with Crippen molar-refractivity contribution in [3.05, 3.63) is 18.5 Å². The maximum Gasteiger partial charge on any atom is 0.408 e. The van der Waals surface area contributed by atoms with E-state index in [0.29, 0.717) is 12.2 Å². The smallest absolute Gasteiger partial charge is 0.408 e. The van der Waals surface area contributed by atoms with Gasteiger partial charge in [0.05, 0.1) is 29.2 Å². The Kier molecular flexibility index (Phi) is 8.26. The summed E-state index contributed by atoms with van der Waals surface area (Å²) in [5.41, 5.74) is 0.993. The fraction of sp³-hybridized carbons (Fsp3) is 0.696. The number of rotatable bonds is 5. The standard InChI is InChI=1S/C23H38N4O3SSi/c1-16-13-27(19-10-11-24-12-17(19)25-15-31)14-18(26-21(28)29-22(2,3)4)20(16)30-32(8,9)23(5,6)7/h10-12,16,18,20H,13-14H2,1-9H3,(H,26,28)/t16-,18-,20+/m1/s1. The zero-order chi connectivity index (χ0) is 24.3. The van der Waals surface area contributed by atoms with E-state index in [4.69, 9.17) is 21.4 Å². The van der Waals surface area contributed by atoms with Crippen LogP contribution in [0, 0.1) is 5.92 Å². The lowest BCUT2D eigenvalue weighted by molar-refractivity contribution is 0.0336. The zero-order valence-electron chi connectivity index (χ0n) is 20.9. The molecule has 9 heteroatoms. The van der Waals surface area contributed by atoms with E-state index in [1.807, 2.05) is 26.8 Å². The molecule has 2 rings (SSSR count). The predicted molar refractivity (Wildman–Crippen MR) is 136 cm³/mol. The molecule has 0 unspecified atom stereocenters. The molecular weight excluding hydrogens is 440 g/mol. The van der Waals surface area contributed by atoms with Gasteiger partial charge in [-0.2, -0.15) is 4.99 Å². The molecule has 0 bridgehead atoms. The number of aliphatic imine (C=N–C) groups is 1. The van der Waals surface area contributed by atoms with Gasteiger partial charge in [0.1, 0.15) is 11.3 Å². The Morgan fingerprint density at radius 3 is 2.50 bits per heavy atom. The monoisotopic (exact) mass is 478 g/mol. The summed E-state index contributed by atoms with van der Waals surface area (Å²) < 4.78 is 12.4. The summed E-state index contributed by atoms with van der Waals surface area (Å²) in [6, 6.07) is 1.66. The molecule has 1 aliphatic heterocycles. The van der Waals surface area contributed by atoms with E-state index in [2.05, 4.69) is 66.1 Å². The second-order valence-electron chi connectivity index (χ2n) is 11.0. The molecule has 1 N–H and O–H groups in total. The summed E-state index contributed by atoms with van der Waals surface area (Å²) in [4.78, 5) is 23.2. The summed E-state index contributed by atoms with van der Waals surface area (Å²) in [7, 11) is -2.06. The van der Waals surface area contributed by atoms with Gasteiger partial charge >= 0.3 is 6.09 Å². The van der Waals surface area contributed by atoms with Crippen LogP contribution in [0.2, 0.25) is 18.1 Å². The van der Waals surface area contributed by atoms with Crippen LogP contribution in [0.5, 0.6) is 0 Å². The van der Waals surface area contributed by atoms with Gasteiger partial charge in [0, 0.05) is 25.2 Å². The number of pyridine rings is 1. The first-order valence-electron chi connectivity index (χ1n) is 11.1. The molecule has 0 aliphatic carbocycles.